The summed E-state index contributed by atoms with van der Waals surface area (Å²) in [7, 11) is 0. The van der Waals surface area contributed by atoms with Gasteiger partial charge in [0.25, 0.3) is 0 Å². The Bertz CT molecular complexity index is 1260. The highest BCUT2D eigenvalue weighted by Gasteiger charge is 2.49. The van der Waals surface area contributed by atoms with E-state index in [1.165, 1.54) is 12.4 Å². The van der Waals surface area contributed by atoms with Gasteiger partial charge in [-0.1, -0.05) is 6.07 Å². The lowest BCUT2D eigenvalue weighted by molar-refractivity contribution is 0.0114. The Kier molecular flexibility index (Phi) is 5.65. The standard InChI is InChI=1S/C27H30FN5O3/c1-17-24(11-18-3-4-19(14-23(18)28)32-10-9-29-16-32)30-15-31-25(17)35-22-12-20-5-6-21(13-22)33(20)26(34)36-27(2)7-8-27/h3-4,9-10,14-16,20-22H,5-8,11-13H2,1-2H3. The largest absolute Gasteiger partial charge is 0.474 e. The summed E-state index contributed by atoms with van der Waals surface area (Å²) < 4.78 is 28.7. The van der Waals surface area contributed by atoms with E-state index in [1.54, 1.807) is 29.4 Å². The molecule has 0 radical (unpaired) electrons. The third-order valence-electron chi connectivity index (χ3n) is 7.81. The second-order valence-electron chi connectivity index (χ2n) is 10.5. The molecule has 1 aromatic carbocycles. The Morgan fingerprint density at radius 3 is 2.64 bits per heavy atom. The molecule has 0 spiro atoms. The molecule has 3 fully saturated rings. The Hall–Kier alpha value is -3.49. The number of rotatable bonds is 6. The van der Waals surface area contributed by atoms with E-state index in [4.69, 9.17) is 9.47 Å². The Labute approximate surface area is 209 Å². The summed E-state index contributed by atoms with van der Waals surface area (Å²) in [6.07, 6.45) is 12.0. The number of imidazole rings is 1. The smallest absolute Gasteiger partial charge is 0.410 e. The average molecular weight is 492 g/mol. The van der Waals surface area contributed by atoms with E-state index in [9.17, 15) is 9.18 Å². The molecule has 8 nitrogen and oxygen atoms in total. The van der Waals surface area contributed by atoms with Gasteiger partial charge < -0.3 is 18.9 Å². The lowest BCUT2D eigenvalue weighted by atomic mass is 10.00. The molecule has 1 amide bonds. The van der Waals surface area contributed by atoms with E-state index in [-0.39, 0.29) is 35.7 Å². The number of carbonyl (C=O) groups excluding carboxylic acids is 1. The van der Waals surface area contributed by atoms with Crippen LogP contribution in [0.4, 0.5) is 9.18 Å². The highest BCUT2D eigenvalue weighted by molar-refractivity contribution is 5.70. The first kappa shape index (κ1) is 22.9. The summed E-state index contributed by atoms with van der Waals surface area (Å²) >= 11 is 0. The summed E-state index contributed by atoms with van der Waals surface area (Å²) in [5.74, 6) is 0.235. The molecule has 3 aliphatic rings. The quantitative estimate of drug-likeness (QED) is 0.494. The van der Waals surface area contributed by atoms with Crippen LogP contribution in [0.2, 0.25) is 0 Å². The first-order valence-electron chi connectivity index (χ1n) is 12.6. The van der Waals surface area contributed by atoms with Gasteiger partial charge in [0.2, 0.25) is 5.88 Å². The van der Waals surface area contributed by atoms with E-state index in [2.05, 4.69) is 15.0 Å². The lowest BCUT2D eigenvalue weighted by Gasteiger charge is -2.38. The Balaban J connectivity index is 1.13. The number of halogens is 1. The summed E-state index contributed by atoms with van der Waals surface area (Å²) in [6, 6.07) is 5.41. The van der Waals surface area contributed by atoms with Gasteiger partial charge in [0.15, 0.2) is 0 Å². The van der Waals surface area contributed by atoms with Crippen molar-refractivity contribution in [2.24, 2.45) is 0 Å². The minimum absolute atomic E-state index is 0.0317. The maximum Gasteiger partial charge on any atom is 0.410 e. The summed E-state index contributed by atoms with van der Waals surface area (Å²) in [5, 5.41) is 0. The van der Waals surface area contributed by atoms with E-state index in [1.807, 2.05) is 24.8 Å². The number of aromatic nitrogens is 4. The van der Waals surface area contributed by atoms with Crippen molar-refractivity contribution in [2.75, 3.05) is 0 Å². The zero-order valence-corrected chi connectivity index (χ0v) is 20.6. The van der Waals surface area contributed by atoms with Crippen molar-refractivity contribution in [1.82, 2.24) is 24.4 Å². The monoisotopic (exact) mass is 491 g/mol. The third-order valence-corrected chi connectivity index (χ3v) is 7.81. The molecule has 1 saturated carbocycles. The molecule has 6 rings (SSSR count). The molecule has 3 aromatic rings. The molecule has 0 N–H and O–H groups in total. The zero-order chi connectivity index (χ0) is 24.9. The molecular formula is C27H30FN5O3. The fraction of sp³-hybridized carbons (Fsp3) is 0.481. The molecule has 4 heterocycles. The van der Waals surface area contributed by atoms with Gasteiger partial charge >= 0.3 is 6.09 Å². The first-order chi connectivity index (χ1) is 17.4. The minimum Gasteiger partial charge on any atom is -0.474 e. The number of fused-ring (bicyclic) bond motifs is 2. The molecule has 2 bridgehead atoms. The number of hydrogen-bond donors (Lipinski definition) is 0. The van der Waals surface area contributed by atoms with Crippen LogP contribution in [0.3, 0.4) is 0 Å². The molecule has 9 heteroatoms. The first-order valence-corrected chi connectivity index (χ1v) is 12.6. The fourth-order valence-electron chi connectivity index (χ4n) is 5.42. The van der Waals surface area contributed by atoms with Crippen molar-refractivity contribution < 1.29 is 18.7 Å². The number of piperidine rings is 1. The SMILES string of the molecule is Cc1c(Cc2ccc(-n3ccnc3)cc2F)ncnc1OC1CC2CCC(C1)N2C(=O)OC1(C)CC1. The number of ether oxygens (including phenoxy) is 2. The van der Waals surface area contributed by atoms with Gasteiger partial charge in [0.1, 0.15) is 23.8 Å². The zero-order valence-electron chi connectivity index (χ0n) is 20.6. The minimum atomic E-state index is -0.294. The summed E-state index contributed by atoms with van der Waals surface area (Å²) in [5.41, 5.74) is 2.55. The normalized spacial score (nSPS) is 24.0. The number of benzene rings is 1. The second kappa shape index (κ2) is 8.87. The van der Waals surface area contributed by atoms with Gasteiger partial charge in [-0.3, -0.25) is 0 Å². The van der Waals surface area contributed by atoms with Gasteiger partial charge in [0.05, 0.1) is 12.0 Å². The van der Waals surface area contributed by atoms with E-state index in [0.717, 1.165) is 49.8 Å². The highest BCUT2D eigenvalue weighted by atomic mass is 19.1. The van der Waals surface area contributed by atoms with E-state index < -0.39 is 0 Å². The molecule has 2 saturated heterocycles. The predicted octanol–water partition coefficient (Wildman–Crippen LogP) is 4.76. The molecule has 2 aliphatic heterocycles. The molecule has 2 aromatic heterocycles. The van der Waals surface area contributed by atoms with Crippen molar-refractivity contribution in [1.29, 1.82) is 0 Å². The van der Waals surface area contributed by atoms with Crippen LogP contribution < -0.4 is 4.74 Å². The molecule has 2 unspecified atom stereocenters. The lowest BCUT2D eigenvalue weighted by Crippen LogP contribution is -2.50. The van der Waals surface area contributed by atoms with Crippen LogP contribution in [-0.2, 0) is 11.2 Å². The molecule has 1 aliphatic carbocycles. The van der Waals surface area contributed by atoms with Gasteiger partial charge in [-0.15, -0.1) is 0 Å². The van der Waals surface area contributed by atoms with Crippen LogP contribution in [0.5, 0.6) is 5.88 Å². The van der Waals surface area contributed by atoms with Gasteiger partial charge in [-0.2, -0.15) is 0 Å². The third kappa shape index (κ3) is 4.42. The van der Waals surface area contributed by atoms with Crippen molar-refractivity contribution in [3.8, 4) is 11.6 Å². The molecule has 188 valence electrons. The molecule has 36 heavy (non-hydrogen) atoms. The van der Waals surface area contributed by atoms with Crippen LogP contribution in [0.25, 0.3) is 5.69 Å². The van der Waals surface area contributed by atoms with Crippen LogP contribution in [-0.4, -0.2) is 54.3 Å². The maximum atomic E-state index is 14.9. The Morgan fingerprint density at radius 1 is 1.19 bits per heavy atom. The average Bonchev–Trinajstić information content (AvgIpc) is 3.23. The summed E-state index contributed by atoms with van der Waals surface area (Å²) in [6.45, 7) is 3.91. The Morgan fingerprint density at radius 2 is 1.97 bits per heavy atom. The molecular weight excluding hydrogens is 461 g/mol. The maximum absolute atomic E-state index is 14.9. The van der Waals surface area contributed by atoms with Crippen molar-refractivity contribution >= 4 is 6.09 Å². The van der Waals surface area contributed by atoms with E-state index >= 15 is 0 Å². The predicted molar refractivity (Wildman–Crippen MR) is 130 cm³/mol. The van der Waals surface area contributed by atoms with Gasteiger partial charge in [0, 0.05) is 55.0 Å². The highest BCUT2D eigenvalue weighted by Crippen LogP contribution is 2.42. The fourth-order valence-corrected chi connectivity index (χ4v) is 5.42. The van der Waals surface area contributed by atoms with Crippen LogP contribution in [0.15, 0.2) is 43.2 Å². The van der Waals surface area contributed by atoms with Crippen LogP contribution in [0, 0.1) is 12.7 Å². The van der Waals surface area contributed by atoms with Crippen LogP contribution in [0.1, 0.15) is 62.3 Å². The number of carbonyl (C=O) groups is 1. The number of nitrogens with zero attached hydrogens (tertiary/aromatic N) is 5. The van der Waals surface area contributed by atoms with Crippen molar-refractivity contribution in [3.05, 3.63) is 65.9 Å². The van der Waals surface area contributed by atoms with Crippen molar-refractivity contribution in [3.63, 3.8) is 0 Å². The van der Waals surface area contributed by atoms with Crippen LogP contribution >= 0.6 is 0 Å². The topological polar surface area (TPSA) is 82.4 Å². The van der Waals surface area contributed by atoms with Gasteiger partial charge in [-0.05, 0) is 57.2 Å². The van der Waals surface area contributed by atoms with Gasteiger partial charge in [-0.25, -0.2) is 24.1 Å². The second-order valence-corrected chi connectivity index (χ2v) is 10.5. The van der Waals surface area contributed by atoms with Crippen molar-refractivity contribution in [2.45, 2.75) is 82.6 Å². The number of hydrogen-bond acceptors (Lipinski definition) is 6. The number of amides is 1. The van der Waals surface area contributed by atoms with E-state index in [0.29, 0.717) is 23.6 Å². The summed E-state index contributed by atoms with van der Waals surface area (Å²) in [4.78, 5) is 27.5. The molecule has 2 atom stereocenters.